The van der Waals surface area contributed by atoms with Crippen molar-refractivity contribution in [3.8, 4) is 0 Å². The van der Waals surface area contributed by atoms with Crippen LogP contribution in [0, 0.1) is 6.92 Å². The number of amides is 2. The molecule has 0 aromatic heterocycles. The van der Waals surface area contributed by atoms with E-state index >= 15 is 0 Å². The first-order valence-corrected chi connectivity index (χ1v) is 8.16. The molecule has 0 unspecified atom stereocenters. The number of carbonyl (C=O) groups excluding carboxylic acids is 1. The molecule has 2 aromatic rings. The van der Waals surface area contributed by atoms with Crippen molar-refractivity contribution in [2.45, 2.75) is 26.3 Å². The van der Waals surface area contributed by atoms with Gasteiger partial charge in [0.1, 0.15) is 0 Å². The minimum absolute atomic E-state index is 0.180. The van der Waals surface area contributed by atoms with E-state index in [-0.39, 0.29) is 6.03 Å². The van der Waals surface area contributed by atoms with E-state index in [1.165, 1.54) is 24.1 Å². The van der Waals surface area contributed by atoms with Gasteiger partial charge in [-0.25, -0.2) is 4.79 Å². The second kappa shape index (κ2) is 7.18. The maximum Gasteiger partial charge on any atom is 0.319 e. The minimum Gasteiger partial charge on any atom is -0.372 e. The quantitative estimate of drug-likeness (QED) is 0.899. The van der Waals surface area contributed by atoms with E-state index in [0.29, 0.717) is 6.54 Å². The van der Waals surface area contributed by atoms with Crippen LogP contribution in [-0.4, -0.2) is 19.1 Å². The van der Waals surface area contributed by atoms with Crippen LogP contribution in [0.5, 0.6) is 0 Å². The summed E-state index contributed by atoms with van der Waals surface area (Å²) in [5.41, 5.74) is 4.34. The van der Waals surface area contributed by atoms with E-state index in [1.54, 1.807) is 0 Å². The highest BCUT2D eigenvalue weighted by Crippen LogP contribution is 2.21. The lowest BCUT2D eigenvalue weighted by atomic mass is 10.1. The van der Waals surface area contributed by atoms with Crippen molar-refractivity contribution in [1.29, 1.82) is 0 Å². The van der Waals surface area contributed by atoms with Crippen LogP contribution in [0.15, 0.2) is 48.5 Å². The Bertz CT molecular complexity index is 661. The predicted molar refractivity (Wildman–Crippen MR) is 94.9 cm³/mol. The Hall–Kier alpha value is -2.49. The Kier molecular flexibility index (Phi) is 4.81. The molecule has 1 heterocycles. The van der Waals surface area contributed by atoms with Crippen LogP contribution in [0.1, 0.15) is 24.0 Å². The van der Waals surface area contributed by atoms with Gasteiger partial charge in [0.15, 0.2) is 0 Å². The number of aryl methyl sites for hydroxylation is 1. The molecule has 2 aromatic carbocycles. The standard InChI is InChI=1S/C19H23N3O/c1-15-5-4-6-16(13-15)14-20-19(23)21-17-7-9-18(10-8-17)22-11-2-3-12-22/h4-10,13H,2-3,11-12,14H2,1H3,(H2,20,21,23). The van der Waals surface area contributed by atoms with Crippen LogP contribution >= 0.6 is 0 Å². The summed E-state index contributed by atoms with van der Waals surface area (Å²) >= 11 is 0. The van der Waals surface area contributed by atoms with Gasteiger partial charge < -0.3 is 15.5 Å². The molecule has 2 N–H and O–H groups in total. The van der Waals surface area contributed by atoms with E-state index in [0.717, 1.165) is 24.3 Å². The zero-order valence-corrected chi connectivity index (χ0v) is 13.5. The van der Waals surface area contributed by atoms with E-state index < -0.39 is 0 Å². The Labute approximate surface area is 137 Å². The average Bonchev–Trinajstić information content (AvgIpc) is 3.08. The maximum absolute atomic E-state index is 12.0. The van der Waals surface area contributed by atoms with Gasteiger partial charge >= 0.3 is 6.03 Å². The molecule has 0 aliphatic carbocycles. The highest BCUT2D eigenvalue weighted by molar-refractivity contribution is 5.89. The van der Waals surface area contributed by atoms with Crippen molar-refractivity contribution in [1.82, 2.24) is 5.32 Å². The summed E-state index contributed by atoms with van der Waals surface area (Å²) in [4.78, 5) is 14.4. The zero-order chi connectivity index (χ0) is 16.1. The van der Waals surface area contributed by atoms with Crippen LogP contribution in [-0.2, 0) is 6.54 Å². The van der Waals surface area contributed by atoms with Gasteiger partial charge in [0.05, 0.1) is 0 Å². The molecule has 1 aliphatic heterocycles. The average molecular weight is 309 g/mol. The van der Waals surface area contributed by atoms with Crippen molar-refractivity contribution in [2.24, 2.45) is 0 Å². The summed E-state index contributed by atoms with van der Waals surface area (Å²) in [6.45, 7) is 4.83. The highest BCUT2D eigenvalue weighted by Gasteiger charge is 2.12. The Morgan fingerprint density at radius 1 is 1.09 bits per heavy atom. The minimum atomic E-state index is -0.180. The van der Waals surface area contributed by atoms with Gasteiger partial charge in [-0.05, 0) is 49.6 Å². The molecule has 3 rings (SSSR count). The normalized spacial score (nSPS) is 13.9. The molecule has 0 atom stereocenters. The number of carbonyl (C=O) groups is 1. The molecular formula is C19H23N3O. The van der Waals surface area contributed by atoms with Gasteiger partial charge in [0.2, 0.25) is 0 Å². The van der Waals surface area contributed by atoms with E-state index in [4.69, 9.17) is 0 Å². The maximum atomic E-state index is 12.0. The number of benzene rings is 2. The first-order chi connectivity index (χ1) is 11.2. The summed E-state index contributed by atoms with van der Waals surface area (Å²) in [6.07, 6.45) is 2.53. The summed E-state index contributed by atoms with van der Waals surface area (Å²) in [5, 5.41) is 5.76. The van der Waals surface area contributed by atoms with Gasteiger partial charge in [-0.2, -0.15) is 0 Å². The third kappa shape index (κ3) is 4.25. The molecule has 0 saturated carbocycles. The molecule has 4 heteroatoms. The van der Waals surface area contributed by atoms with E-state index in [2.05, 4.69) is 33.7 Å². The Morgan fingerprint density at radius 3 is 2.52 bits per heavy atom. The molecule has 0 bridgehead atoms. The van der Waals surface area contributed by atoms with Crippen molar-refractivity contribution in [3.05, 3.63) is 59.7 Å². The molecule has 0 spiro atoms. The fourth-order valence-electron chi connectivity index (χ4n) is 2.91. The molecule has 2 amide bonds. The molecule has 0 radical (unpaired) electrons. The van der Waals surface area contributed by atoms with Crippen LogP contribution in [0.3, 0.4) is 0 Å². The van der Waals surface area contributed by atoms with Gasteiger partial charge in [-0.3, -0.25) is 0 Å². The number of hydrogen-bond acceptors (Lipinski definition) is 2. The SMILES string of the molecule is Cc1cccc(CNC(=O)Nc2ccc(N3CCCC3)cc2)c1. The molecule has 1 saturated heterocycles. The molecule has 120 valence electrons. The largest absolute Gasteiger partial charge is 0.372 e. The number of urea groups is 1. The monoisotopic (exact) mass is 309 g/mol. The van der Waals surface area contributed by atoms with E-state index in [1.807, 2.05) is 37.3 Å². The summed E-state index contributed by atoms with van der Waals surface area (Å²) < 4.78 is 0. The van der Waals surface area contributed by atoms with Gasteiger partial charge in [0.25, 0.3) is 0 Å². The smallest absolute Gasteiger partial charge is 0.319 e. The number of anilines is 2. The second-order valence-electron chi connectivity index (χ2n) is 6.04. The third-order valence-corrected chi connectivity index (χ3v) is 4.13. The number of nitrogens with zero attached hydrogens (tertiary/aromatic N) is 1. The number of nitrogens with one attached hydrogen (secondary N) is 2. The predicted octanol–water partition coefficient (Wildman–Crippen LogP) is 3.92. The molecule has 4 nitrogen and oxygen atoms in total. The molecule has 1 fully saturated rings. The first kappa shape index (κ1) is 15.4. The van der Waals surface area contributed by atoms with Crippen molar-refractivity contribution in [2.75, 3.05) is 23.3 Å². The van der Waals surface area contributed by atoms with E-state index in [9.17, 15) is 4.79 Å². The van der Waals surface area contributed by atoms with Crippen LogP contribution < -0.4 is 15.5 Å². The highest BCUT2D eigenvalue weighted by atomic mass is 16.2. The molecule has 23 heavy (non-hydrogen) atoms. The summed E-state index contributed by atoms with van der Waals surface area (Å²) in [6, 6.07) is 16.0. The van der Waals surface area contributed by atoms with Gasteiger partial charge in [0, 0.05) is 31.0 Å². The lowest BCUT2D eigenvalue weighted by Crippen LogP contribution is -2.28. The zero-order valence-electron chi connectivity index (χ0n) is 13.5. The Balaban J connectivity index is 1.51. The second-order valence-corrected chi connectivity index (χ2v) is 6.04. The fourth-order valence-corrected chi connectivity index (χ4v) is 2.91. The third-order valence-electron chi connectivity index (χ3n) is 4.13. The van der Waals surface area contributed by atoms with Crippen molar-refractivity contribution in [3.63, 3.8) is 0 Å². The summed E-state index contributed by atoms with van der Waals surface area (Å²) in [7, 11) is 0. The fraction of sp³-hybridized carbons (Fsp3) is 0.316. The van der Waals surface area contributed by atoms with Crippen molar-refractivity contribution >= 4 is 17.4 Å². The van der Waals surface area contributed by atoms with Crippen LogP contribution in [0.25, 0.3) is 0 Å². The van der Waals surface area contributed by atoms with Crippen molar-refractivity contribution < 1.29 is 4.79 Å². The lowest BCUT2D eigenvalue weighted by molar-refractivity contribution is 0.251. The topological polar surface area (TPSA) is 44.4 Å². The summed E-state index contributed by atoms with van der Waals surface area (Å²) in [5.74, 6) is 0. The van der Waals surface area contributed by atoms with Crippen LogP contribution in [0.4, 0.5) is 16.2 Å². The Morgan fingerprint density at radius 2 is 1.83 bits per heavy atom. The number of hydrogen-bond donors (Lipinski definition) is 2. The molecule has 1 aliphatic rings. The lowest BCUT2D eigenvalue weighted by Gasteiger charge is -2.17. The van der Waals surface area contributed by atoms with Crippen LogP contribution in [0.2, 0.25) is 0 Å². The van der Waals surface area contributed by atoms with Gasteiger partial charge in [-0.15, -0.1) is 0 Å². The first-order valence-electron chi connectivity index (χ1n) is 8.16. The van der Waals surface area contributed by atoms with Gasteiger partial charge in [-0.1, -0.05) is 29.8 Å². The number of rotatable bonds is 4. The molecular weight excluding hydrogens is 286 g/mol.